The van der Waals surface area contributed by atoms with Crippen molar-refractivity contribution in [3.8, 4) is 11.5 Å². The number of esters is 1. The third-order valence-electron chi connectivity index (χ3n) is 3.86. The highest BCUT2D eigenvalue weighted by Crippen LogP contribution is 2.36. The van der Waals surface area contributed by atoms with E-state index in [0.29, 0.717) is 11.8 Å². The van der Waals surface area contributed by atoms with Crippen LogP contribution in [0.4, 0.5) is 18.9 Å². The van der Waals surface area contributed by atoms with Crippen LogP contribution in [0.3, 0.4) is 0 Å². The average molecular weight is 451 g/mol. The number of carbonyl (C=O) groups excluding carboxylic acids is 2. The number of benzene rings is 2. The predicted molar refractivity (Wildman–Crippen MR) is 106 cm³/mol. The Labute approximate surface area is 179 Å². The molecule has 1 aromatic heterocycles. The molecule has 0 radical (unpaired) electrons. The molecule has 1 amide bonds. The molecule has 31 heavy (non-hydrogen) atoms. The molecule has 160 valence electrons. The van der Waals surface area contributed by atoms with E-state index in [1.807, 2.05) is 0 Å². The topological polar surface area (TPSA) is 77.5 Å². The highest BCUT2D eigenvalue weighted by atomic mass is 35.5. The monoisotopic (exact) mass is 450 g/mol. The average Bonchev–Trinajstić information content (AvgIpc) is 2.74. The van der Waals surface area contributed by atoms with Crippen molar-refractivity contribution in [3.63, 3.8) is 0 Å². The number of hydrogen-bond donors (Lipinski definition) is 1. The van der Waals surface area contributed by atoms with Crippen LogP contribution in [-0.4, -0.2) is 23.5 Å². The van der Waals surface area contributed by atoms with Crippen LogP contribution in [0.2, 0.25) is 5.02 Å². The van der Waals surface area contributed by atoms with E-state index in [0.717, 1.165) is 6.07 Å². The van der Waals surface area contributed by atoms with E-state index >= 15 is 0 Å². The van der Waals surface area contributed by atoms with Crippen molar-refractivity contribution in [2.75, 3.05) is 11.9 Å². The van der Waals surface area contributed by atoms with Gasteiger partial charge >= 0.3 is 12.1 Å². The summed E-state index contributed by atoms with van der Waals surface area (Å²) in [7, 11) is 0. The molecule has 0 saturated carbocycles. The number of alkyl halides is 3. The molecule has 0 bridgehead atoms. The van der Waals surface area contributed by atoms with Crippen molar-refractivity contribution in [3.05, 3.63) is 83.1 Å². The van der Waals surface area contributed by atoms with Gasteiger partial charge < -0.3 is 14.8 Å². The Morgan fingerprint density at radius 3 is 2.55 bits per heavy atom. The van der Waals surface area contributed by atoms with Gasteiger partial charge in [-0.15, -0.1) is 0 Å². The number of carbonyl (C=O) groups is 2. The zero-order valence-electron chi connectivity index (χ0n) is 15.7. The van der Waals surface area contributed by atoms with Crippen LogP contribution in [0.5, 0.6) is 11.5 Å². The largest absolute Gasteiger partial charge is 0.455 e. The molecule has 0 saturated heterocycles. The third kappa shape index (κ3) is 5.95. The fraction of sp³-hybridized carbons (Fsp3) is 0.0952. The number of aromatic nitrogens is 1. The second-order valence-corrected chi connectivity index (χ2v) is 6.54. The van der Waals surface area contributed by atoms with Crippen molar-refractivity contribution in [1.29, 1.82) is 0 Å². The lowest BCUT2D eigenvalue weighted by Crippen LogP contribution is -2.23. The van der Waals surface area contributed by atoms with Crippen LogP contribution in [0, 0.1) is 0 Å². The minimum absolute atomic E-state index is 0.0293. The molecule has 0 unspecified atom stereocenters. The van der Waals surface area contributed by atoms with Crippen LogP contribution < -0.4 is 10.1 Å². The maximum Gasteiger partial charge on any atom is 0.418 e. The number of nitrogens with one attached hydrogen (secondary N) is 1. The highest BCUT2D eigenvalue weighted by molar-refractivity contribution is 6.30. The zero-order chi connectivity index (χ0) is 22.4. The van der Waals surface area contributed by atoms with Gasteiger partial charge in [0.1, 0.15) is 17.1 Å². The van der Waals surface area contributed by atoms with Gasteiger partial charge in [-0.05, 0) is 42.5 Å². The SMILES string of the molecule is O=C(COC(=O)c1ccccc1Oc1cccnc1)Nc1ccc(Cl)cc1C(F)(F)F. The van der Waals surface area contributed by atoms with E-state index < -0.39 is 35.9 Å². The van der Waals surface area contributed by atoms with Crippen LogP contribution in [0.25, 0.3) is 0 Å². The second kappa shape index (κ2) is 9.48. The quantitative estimate of drug-likeness (QED) is 0.513. The minimum atomic E-state index is -4.73. The molecular formula is C21H14ClF3N2O4. The van der Waals surface area contributed by atoms with Crippen LogP contribution >= 0.6 is 11.6 Å². The molecule has 10 heteroatoms. The summed E-state index contributed by atoms with van der Waals surface area (Å²) in [6, 6.07) is 12.3. The van der Waals surface area contributed by atoms with Crippen molar-refractivity contribution >= 4 is 29.2 Å². The third-order valence-corrected chi connectivity index (χ3v) is 4.10. The number of hydrogen-bond acceptors (Lipinski definition) is 5. The van der Waals surface area contributed by atoms with E-state index in [-0.39, 0.29) is 16.3 Å². The number of nitrogens with zero attached hydrogens (tertiary/aromatic N) is 1. The fourth-order valence-electron chi connectivity index (χ4n) is 2.51. The molecule has 0 spiro atoms. The van der Waals surface area contributed by atoms with Gasteiger partial charge in [-0.1, -0.05) is 23.7 Å². The Morgan fingerprint density at radius 2 is 1.84 bits per heavy atom. The Balaban J connectivity index is 1.66. The fourth-order valence-corrected chi connectivity index (χ4v) is 2.69. The van der Waals surface area contributed by atoms with Crippen LogP contribution in [0.1, 0.15) is 15.9 Å². The smallest absolute Gasteiger partial charge is 0.418 e. The Bertz CT molecular complexity index is 1090. The normalized spacial score (nSPS) is 11.0. The molecule has 3 rings (SSSR count). The van der Waals surface area contributed by atoms with Gasteiger partial charge in [0, 0.05) is 11.2 Å². The molecule has 1 heterocycles. The molecule has 2 aromatic carbocycles. The number of para-hydroxylation sites is 1. The lowest BCUT2D eigenvalue weighted by molar-refractivity contribution is -0.137. The first-order chi connectivity index (χ1) is 14.7. The van der Waals surface area contributed by atoms with E-state index in [2.05, 4.69) is 10.3 Å². The summed E-state index contributed by atoms with van der Waals surface area (Å²) in [4.78, 5) is 28.4. The number of pyridine rings is 1. The lowest BCUT2D eigenvalue weighted by Gasteiger charge is -2.14. The number of rotatable bonds is 6. The zero-order valence-corrected chi connectivity index (χ0v) is 16.4. The van der Waals surface area contributed by atoms with E-state index in [1.54, 1.807) is 30.5 Å². The van der Waals surface area contributed by atoms with Gasteiger partial charge in [0.15, 0.2) is 6.61 Å². The maximum absolute atomic E-state index is 13.1. The van der Waals surface area contributed by atoms with Gasteiger partial charge in [-0.3, -0.25) is 9.78 Å². The van der Waals surface area contributed by atoms with Gasteiger partial charge in [0.25, 0.3) is 5.91 Å². The van der Waals surface area contributed by atoms with Gasteiger partial charge in [0.05, 0.1) is 17.4 Å². The molecule has 3 aromatic rings. The molecule has 6 nitrogen and oxygen atoms in total. The number of amides is 1. The van der Waals surface area contributed by atoms with E-state index in [4.69, 9.17) is 21.1 Å². The summed E-state index contributed by atoms with van der Waals surface area (Å²) in [6.07, 6.45) is -1.73. The highest BCUT2D eigenvalue weighted by Gasteiger charge is 2.34. The van der Waals surface area contributed by atoms with Crippen molar-refractivity contribution in [2.45, 2.75) is 6.18 Å². The van der Waals surface area contributed by atoms with Gasteiger partial charge in [-0.2, -0.15) is 13.2 Å². The number of anilines is 1. The van der Waals surface area contributed by atoms with Crippen molar-refractivity contribution < 1.29 is 32.2 Å². The molecule has 1 N–H and O–H groups in total. The molecule has 0 aliphatic carbocycles. The van der Waals surface area contributed by atoms with Crippen LogP contribution in [0.15, 0.2) is 67.0 Å². The Morgan fingerprint density at radius 1 is 1.06 bits per heavy atom. The van der Waals surface area contributed by atoms with Crippen molar-refractivity contribution in [2.24, 2.45) is 0 Å². The summed E-state index contributed by atoms with van der Waals surface area (Å²) in [5, 5.41) is 1.93. The Kier molecular flexibility index (Phi) is 6.76. The maximum atomic E-state index is 13.1. The van der Waals surface area contributed by atoms with E-state index in [9.17, 15) is 22.8 Å². The Hall–Kier alpha value is -3.59. The summed E-state index contributed by atoms with van der Waals surface area (Å²) in [6.45, 7) is -0.806. The van der Waals surface area contributed by atoms with Gasteiger partial charge in [0.2, 0.25) is 0 Å². The number of ether oxygens (including phenoxy) is 2. The first-order valence-electron chi connectivity index (χ1n) is 8.74. The predicted octanol–water partition coefficient (Wildman–Crippen LogP) is 5.34. The summed E-state index contributed by atoms with van der Waals surface area (Å²) in [5.41, 5.74) is -1.59. The van der Waals surface area contributed by atoms with E-state index in [1.165, 1.54) is 24.4 Å². The number of halogens is 4. The first kappa shape index (κ1) is 22.1. The lowest BCUT2D eigenvalue weighted by atomic mass is 10.1. The summed E-state index contributed by atoms with van der Waals surface area (Å²) < 4.78 is 49.9. The van der Waals surface area contributed by atoms with Crippen LogP contribution in [-0.2, 0) is 15.7 Å². The second-order valence-electron chi connectivity index (χ2n) is 6.10. The van der Waals surface area contributed by atoms with Crippen molar-refractivity contribution in [1.82, 2.24) is 4.98 Å². The molecule has 0 aliphatic heterocycles. The molecule has 0 atom stereocenters. The standard InChI is InChI=1S/C21H14ClF3N2O4/c22-13-7-8-17(16(10-13)21(23,24)25)27-19(28)12-30-20(29)15-5-1-2-6-18(15)31-14-4-3-9-26-11-14/h1-11H,12H2,(H,27,28). The minimum Gasteiger partial charge on any atom is -0.455 e. The summed E-state index contributed by atoms with van der Waals surface area (Å²) >= 11 is 5.60. The molecule has 0 fully saturated rings. The van der Waals surface area contributed by atoms with Gasteiger partial charge in [-0.25, -0.2) is 4.79 Å². The molecular weight excluding hydrogens is 437 g/mol. The summed E-state index contributed by atoms with van der Waals surface area (Å²) in [5.74, 6) is -1.30. The molecule has 0 aliphatic rings. The first-order valence-corrected chi connectivity index (χ1v) is 9.12.